The lowest BCUT2D eigenvalue weighted by molar-refractivity contribution is 0.303. The molecular formula is C13H21NO. The van der Waals surface area contributed by atoms with Crippen molar-refractivity contribution in [3.05, 3.63) is 23.7 Å². The van der Waals surface area contributed by atoms with Gasteiger partial charge in [-0.1, -0.05) is 32.1 Å². The Balaban J connectivity index is 1.91. The van der Waals surface area contributed by atoms with E-state index in [-0.39, 0.29) is 6.04 Å². The summed E-state index contributed by atoms with van der Waals surface area (Å²) in [5, 5.41) is 0. The van der Waals surface area contributed by atoms with E-state index < -0.39 is 0 Å². The SMILES string of the molecule is Cc1ccoc1C(N)CC1CCCCC1. The molecule has 1 unspecified atom stereocenters. The van der Waals surface area contributed by atoms with Gasteiger partial charge in [-0.2, -0.15) is 0 Å². The molecule has 0 saturated heterocycles. The molecule has 0 aliphatic heterocycles. The first-order valence-corrected chi connectivity index (χ1v) is 6.07. The van der Waals surface area contributed by atoms with Crippen LogP contribution in [0.2, 0.25) is 0 Å². The summed E-state index contributed by atoms with van der Waals surface area (Å²) in [5.74, 6) is 1.80. The average Bonchev–Trinajstić information content (AvgIpc) is 2.66. The zero-order valence-electron chi connectivity index (χ0n) is 9.54. The second kappa shape index (κ2) is 4.84. The number of furan rings is 1. The van der Waals surface area contributed by atoms with Crippen molar-refractivity contribution in [2.45, 2.75) is 51.5 Å². The van der Waals surface area contributed by atoms with Gasteiger partial charge in [0.2, 0.25) is 0 Å². The Hall–Kier alpha value is -0.760. The number of rotatable bonds is 3. The summed E-state index contributed by atoms with van der Waals surface area (Å²) in [5.41, 5.74) is 7.37. The molecule has 2 rings (SSSR count). The van der Waals surface area contributed by atoms with E-state index in [1.807, 2.05) is 6.07 Å². The number of nitrogens with two attached hydrogens (primary N) is 1. The third-order valence-corrected chi connectivity index (χ3v) is 3.55. The molecule has 0 bridgehead atoms. The predicted molar refractivity (Wildman–Crippen MR) is 61.6 cm³/mol. The Morgan fingerprint density at radius 2 is 2.13 bits per heavy atom. The predicted octanol–water partition coefficient (Wildman–Crippen LogP) is 3.56. The molecule has 1 fully saturated rings. The lowest BCUT2D eigenvalue weighted by Crippen LogP contribution is -2.17. The minimum atomic E-state index is 0.100. The van der Waals surface area contributed by atoms with Crippen molar-refractivity contribution in [3.63, 3.8) is 0 Å². The van der Waals surface area contributed by atoms with Crippen LogP contribution in [0.1, 0.15) is 55.9 Å². The minimum absolute atomic E-state index is 0.100. The van der Waals surface area contributed by atoms with Gasteiger partial charge < -0.3 is 10.2 Å². The van der Waals surface area contributed by atoms with Gasteiger partial charge in [0.25, 0.3) is 0 Å². The molecule has 1 saturated carbocycles. The summed E-state index contributed by atoms with van der Waals surface area (Å²) in [6, 6.07) is 2.10. The van der Waals surface area contributed by atoms with Gasteiger partial charge in [-0.25, -0.2) is 0 Å². The van der Waals surface area contributed by atoms with Crippen molar-refractivity contribution >= 4 is 0 Å². The van der Waals surface area contributed by atoms with Crippen LogP contribution in [0.4, 0.5) is 0 Å². The largest absolute Gasteiger partial charge is 0.467 e. The molecule has 2 heteroatoms. The zero-order chi connectivity index (χ0) is 10.7. The number of hydrogen-bond acceptors (Lipinski definition) is 2. The van der Waals surface area contributed by atoms with Crippen LogP contribution in [0.15, 0.2) is 16.7 Å². The maximum absolute atomic E-state index is 6.18. The Kier molecular flexibility index (Phi) is 3.47. The van der Waals surface area contributed by atoms with Crippen molar-refractivity contribution in [3.8, 4) is 0 Å². The lowest BCUT2D eigenvalue weighted by atomic mass is 9.84. The minimum Gasteiger partial charge on any atom is -0.467 e. The van der Waals surface area contributed by atoms with Gasteiger partial charge in [0, 0.05) is 0 Å². The molecule has 1 aliphatic rings. The highest BCUT2D eigenvalue weighted by Crippen LogP contribution is 2.31. The molecular weight excluding hydrogens is 186 g/mol. The third kappa shape index (κ3) is 2.63. The van der Waals surface area contributed by atoms with Crippen molar-refractivity contribution in [1.29, 1.82) is 0 Å². The summed E-state index contributed by atoms with van der Waals surface area (Å²) < 4.78 is 5.44. The van der Waals surface area contributed by atoms with Gasteiger partial charge in [-0.15, -0.1) is 0 Å². The smallest absolute Gasteiger partial charge is 0.123 e. The second-order valence-electron chi connectivity index (χ2n) is 4.81. The first-order chi connectivity index (χ1) is 7.27. The molecule has 0 amide bonds. The van der Waals surface area contributed by atoms with E-state index in [1.54, 1.807) is 6.26 Å². The van der Waals surface area contributed by atoms with E-state index in [1.165, 1.54) is 37.7 Å². The van der Waals surface area contributed by atoms with Crippen molar-refractivity contribution in [2.75, 3.05) is 0 Å². The topological polar surface area (TPSA) is 39.2 Å². The van der Waals surface area contributed by atoms with Gasteiger partial charge >= 0.3 is 0 Å². The van der Waals surface area contributed by atoms with E-state index in [0.29, 0.717) is 0 Å². The Morgan fingerprint density at radius 1 is 1.40 bits per heavy atom. The lowest BCUT2D eigenvalue weighted by Gasteiger charge is -2.23. The van der Waals surface area contributed by atoms with Gasteiger partial charge in [-0.05, 0) is 30.9 Å². The van der Waals surface area contributed by atoms with Crippen LogP contribution in [0.3, 0.4) is 0 Å². The summed E-state index contributed by atoms with van der Waals surface area (Å²) in [6.45, 7) is 2.07. The molecule has 1 heterocycles. The molecule has 15 heavy (non-hydrogen) atoms. The Morgan fingerprint density at radius 3 is 2.73 bits per heavy atom. The summed E-state index contributed by atoms with van der Waals surface area (Å²) in [4.78, 5) is 0. The van der Waals surface area contributed by atoms with Gasteiger partial charge in [0.15, 0.2) is 0 Å². The molecule has 1 aromatic rings. The van der Waals surface area contributed by atoms with E-state index in [2.05, 4.69) is 6.92 Å². The molecule has 1 aromatic heterocycles. The summed E-state index contributed by atoms with van der Waals surface area (Å²) in [6.07, 6.45) is 9.72. The highest BCUT2D eigenvalue weighted by molar-refractivity contribution is 5.17. The third-order valence-electron chi connectivity index (χ3n) is 3.55. The van der Waals surface area contributed by atoms with Crippen LogP contribution in [0.5, 0.6) is 0 Å². The van der Waals surface area contributed by atoms with Crippen molar-refractivity contribution in [1.82, 2.24) is 0 Å². The maximum Gasteiger partial charge on any atom is 0.123 e. The van der Waals surface area contributed by atoms with Crippen LogP contribution >= 0.6 is 0 Å². The van der Waals surface area contributed by atoms with E-state index in [4.69, 9.17) is 10.2 Å². The highest BCUT2D eigenvalue weighted by Gasteiger charge is 2.20. The van der Waals surface area contributed by atoms with Crippen LogP contribution in [0.25, 0.3) is 0 Å². The quantitative estimate of drug-likeness (QED) is 0.823. The molecule has 0 aromatic carbocycles. The normalized spacial score (nSPS) is 20.4. The summed E-state index contributed by atoms with van der Waals surface area (Å²) >= 11 is 0. The molecule has 0 radical (unpaired) electrons. The standard InChI is InChI=1S/C13H21NO/c1-10-7-8-15-13(10)12(14)9-11-5-3-2-4-6-11/h7-8,11-12H,2-6,9,14H2,1H3. The molecule has 84 valence electrons. The number of aryl methyl sites for hydroxylation is 1. The fraction of sp³-hybridized carbons (Fsp3) is 0.692. The fourth-order valence-electron chi connectivity index (χ4n) is 2.65. The van der Waals surface area contributed by atoms with Crippen LogP contribution in [-0.2, 0) is 0 Å². The first-order valence-electron chi connectivity index (χ1n) is 6.07. The van der Waals surface area contributed by atoms with Gasteiger partial charge in [0.1, 0.15) is 5.76 Å². The van der Waals surface area contributed by atoms with Crippen molar-refractivity contribution in [2.24, 2.45) is 11.7 Å². The monoisotopic (exact) mass is 207 g/mol. The van der Waals surface area contributed by atoms with Gasteiger partial charge in [0.05, 0.1) is 12.3 Å². The zero-order valence-corrected chi connectivity index (χ0v) is 9.54. The number of hydrogen-bond donors (Lipinski definition) is 1. The summed E-state index contributed by atoms with van der Waals surface area (Å²) in [7, 11) is 0. The Labute approximate surface area is 91.8 Å². The van der Waals surface area contributed by atoms with E-state index in [9.17, 15) is 0 Å². The van der Waals surface area contributed by atoms with Crippen LogP contribution in [0, 0.1) is 12.8 Å². The average molecular weight is 207 g/mol. The molecule has 1 atom stereocenters. The molecule has 2 N–H and O–H groups in total. The molecule has 2 nitrogen and oxygen atoms in total. The second-order valence-corrected chi connectivity index (χ2v) is 4.81. The van der Waals surface area contributed by atoms with E-state index in [0.717, 1.165) is 18.1 Å². The van der Waals surface area contributed by atoms with Crippen LogP contribution < -0.4 is 5.73 Å². The van der Waals surface area contributed by atoms with Gasteiger partial charge in [-0.3, -0.25) is 0 Å². The highest BCUT2D eigenvalue weighted by atomic mass is 16.3. The first kappa shape index (κ1) is 10.7. The fourth-order valence-corrected chi connectivity index (χ4v) is 2.65. The molecule has 0 spiro atoms. The Bertz CT molecular complexity index is 299. The van der Waals surface area contributed by atoms with Crippen molar-refractivity contribution < 1.29 is 4.42 Å². The molecule has 1 aliphatic carbocycles. The van der Waals surface area contributed by atoms with Crippen LogP contribution in [-0.4, -0.2) is 0 Å². The maximum atomic E-state index is 6.18. The van der Waals surface area contributed by atoms with E-state index >= 15 is 0 Å².